The highest BCUT2D eigenvalue weighted by Crippen LogP contribution is 2.40. The van der Waals surface area contributed by atoms with Gasteiger partial charge in [0.2, 0.25) is 0 Å². The summed E-state index contributed by atoms with van der Waals surface area (Å²) in [5, 5.41) is 34.1. The summed E-state index contributed by atoms with van der Waals surface area (Å²) in [4.78, 5) is 0. The van der Waals surface area contributed by atoms with Crippen LogP contribution in [0, 0.1) is 0 Å². The SMILES string of the molecule is OC[C@@H]1S[C@H](O)[C@@](O)(F)[C@@H]1O. The molecule has 0 spiro atoms. The lowest BCUT2D eigenvalue weighted by Crippen LogP contribution is -2.44. The molecule has 0 aromatic rings. The van der Waals surface area contributed by atoms with Gasteiger partial charge < -0.3 is 20.4 Å². The maximum Gasteiger partial charge on any atom is 0.269 e. The van der Waals surface area contributed by atoms with Gasteiger partial charge in [-0.15, -0.1) is 11.8 Å². The summed E-state index contributed by atoms with van der Waals surface area (Å²) >= 11 is 0.611. The number of hydrogen-bond donors (Lipinski definition) is 4. The van der Waals surface area contributed by atoms with Gasteiger partial charge in [0.1, 0.15) is 6.10 Å². The molecular weight excluding hydrogens is 175 g/mol. The van der Waals surface area contributed by atoms with Gasteiger partial charge in [0.25, 0.3) is 5.85 Å². The van der Waals surface area contributed by atoms with Crippen LogP contribution < -0.4 is 0 Å². The molecule has 1 aliphatic rings. The first kappa shape index (κ1) is 9.21. The Bertz CT molecular complexity index is 153. The lowest BCUT2D eigenvalue weighted by molar-refractivity contribution is -0.194. The molecule has 4 atom stereocenters. The van der Waals surface area contributed by atoms with Gasteiger partial charge in [-0.3, -0.25) is 0 Å². The van der Waals surface area contributed by atoms with Crippen LogP contribution in [0.15, 0.2) is 0 Å². The van der Waals surface area contributed by atoms with Crippen molar-refractivity contribution in [2.75, 3.05) is 6.61 Å². The molecule has 1 fully saturated rings. The second-order valence-electron chi connectivity index (χ2n) is 2.38. The molecule has 0 saturated carbocycles. The van der Waals surface area contributed by atoms with E-state index in [9.17, 15) is 4.39 Å². The van der Waals surface area contributed by atoms with Crippen molar-refractivity contribution in [1.82, 2.24) is 0 Å². The number of alkyl halides is 1. The number of rotatable bonds is 1. The van der Waals surface area contributed by atoms with Crippen molar-refractivity contribution in [2.24, 2.45) is 0 Å². The summed E-state index contributed by atoms with van der Waals surface area (Å²) in [5.74, 6) is -3.00. The molecule has 0 amide bonds. The third-order valence-electron chi connectivity index (χ3n) is 1.60. The Morgan fingerprint density at radius 2 is 2.00 bits per heavy atom. The number of aliphatic hydroxyl groups excluding tert-OH is 3. The molecule has 0 bridgehead atoms. The topological polar surface area (TPSA) is 80.9 Å². The van der Waals surface area contributed by atoms with Crippen LogP contribution in [0.4, 0.5) is 4.39 Å². The van der Waals surface area contributed by atoms with E-state index in [1.165, 1.54) is 0 Å². The van der Waals surface area contributed by atoms with E-state index in [0.717, 1.165) is 0 Å². The van der Waals surface area contributed by atoms with E-state index in [1.807, 2.05) is 0 Å². The molecule has 1 aliphatic heterocycles. The van der Waals surface area contributed by atoms with E-state index in [0.29, 0.717) is 11.8 Å². The predicted octanol–water partition coefficient (Wildman–Crippen LogP) is -1.57. The number of hydrogen-bond acceptors (Lipinski definition) is 5. The fraction of sp³-hybridized carbons (Fsp3) is 1.00. The first-order valence-corrected chi connectivity index (χ1v) is 3.98. The van der Waals surface area contributed by atoms with Gasteiger partial charge in [-0.25, -0.2) is 4.39 Å². The zero-order valence-electron chi connectivity index (χ0n) is 5.51. The molecule has 1 heterocycles. The quantitative estimate of drug-likeness (QED) is 0.396. The highest BCUT2D eigenvalue weighted by molar-refractivity contribution is 8.00. The van der Waals surface area contributed by atoms with Crippen molar-refractivity contribution in [3.05, 3.63) is 0 Å². The molecule has 4 N–H and O–H groups in total. The van der Waals surface area contributed by atoms with E-state index in [1.54, 1.807) is 0 Å². The predicted molar refractivity (Wildman–Crippen MR) is 36.5 cm³/mol. The summed E-state index contributed by atoms with van der Waals surface area (Å²) in [6, 6.07) is 0. The Hall–Kier alpha value is 0.120. The Morgan fingerprint density at radius 3 is 2.18 bits per heavy atom. The van der Waals surface area contributed by atoms with Crippen molar-refractivity contribution < 1.29 is 24.8 Å². The van der Waals surface area contributed by atoms with E-state index in [-0.39, 0.29) is 0 Å². The Morgan fingerprint density at radius 1 is 1.45 bits per heavy atom. The molecule has 0 aliphatic carbocycles. The molecule has 0 aromatic carbocycles. The van der Waals surface area contributed by atoms with Crippen molar-refractivity contribution in [2.45, 2.75) is 22.6 Å². The average Bonchev–Trinajstić information content (AvgIpc) is 2.14. The second-order valence-corrected chi connectivity index (χ2v) is 3.71. The minimum atomic E-state index is -3.00. The number of halogens is 1. The fourth-order valence-electron chi connectivity index (χ4n) is 0.885. The smallest absolute Gasteiger partial charge is 0.269 e. The molecule has 66 valence electrons. The van der Waals surface area contributed by atoms with Gasteiger partial charge in [-0.05, 0) is 0 Å². The van der Waals surface area contributed by atoms with Crippen LogP contribution in [0.3, 0.4) is 0 Å². The standard InChI is InChI=1S/C5H9FO4S/c6-5(10)3(8)2(1-7)11-4(5)9/h2-4,7-10H,1H2/t2-,3+,4-,5+/m0/s1. The minimum Gasteiger partial charge on any atom is -0.395 e. The zero-order chi connectivity index (χ0) is 8.65. The van der Waals surface area contributed by atoms with Gasteiger partial charge >= 0.3 is 0 Å². The summed E-state index contributed by atoms with van der Waals surface area (Å²) in [6.07, 6.45) is -1.73. The number of thioether (sulfide) groups is 1. The molecule has 11 heavy (non-hydrogen) atoms. The van der Waals surface area contributed by atoms with Crippen molar-refractivity contribution in [3.8, 4) is 0 Å². The van der Waals surface area contributed by atoms with Crippen LogP contribution in [0.1, 0.15) is 0 Å². The molecule has 1 rings (SSSR count). The molecule has 0 aromatic heterocycles. The van der Waals surface area contributed by atoms with Crippen molar-refractivity contribution >= 4 is 11.8 Å². The Kier molecular flexibility index (Phi) is 2.40. The zero-order valence-corrected chi connectivity index (χ0v) is 6.33. The summed E-state index contributed by atoms with van der Waals surface area (Å²) in [7, 11) is 0. The van der Waals surface area contributed by atoms with Gasteiger partial charge in [0, 0.05) is 0 Å². The van der Waals surface area contributed by atoms with Gasteiger partial charge in [0.05, 0.1) is 11.9 Å². The fourth-order valence-corrected chi connectivity index (χ4v) is 1.97. The lowest BCUT2D eigenvalue weighted by Gasteiger charge is -2.19. The van der Waals surface area contributed by atoms with Crippen LogP contribution in [0.25, 0.3) is 0 Å². The van der Waals surface area contributed by atoms with Crippen LogP contribution in [0.5, 0.6) is 0 Å². The van der Waals surface area contributed by atoms with Gasteiger partial charge in [-0.2, -0.15) is 0 Å². The summed E-state index contributed by atoms with van der Waals surface area (Å²) < 4.78 is 12.8. The summed E-state index contributed by atoms with van der Waals surface area (Å²) in [5.41, 5.74) is -1.69. The van der Waals surface area contributed by atoms with E-state index >= 15 is 0 Å². The van der Waals surface area contributed by atoms with Crippen LogP contribution in [-0.2, 0) is 0 Å². The third-order valence-corrected chi connectivity index (χ3v) is 2.94. The second kappa shape index (κ2) is 2.87. The monoisotopic (exact) mass is 184 g/mol. The molecule has 0 radical (unpaired) electrons. The molecule has 1 saturated heterocycles. The lowest BCUT2D eigenvalue weighted by atomic mass is 10.1. The van der Waals surface area contributed by atoms with Gasteiger partial charge in [-0.1, -0.05) is 0 Å². The summed E-state index contributed by atoms with van der Waals surface area (Å²) in [6.45, 7) is -0.477. The number of aliphatic hydroxyl groups is 4. The highest BCUT2D eigenvalue weighted by Gasteiger charge is 2.54. The molecular formula is C5H9FO4S. The van der Waals surface area contributed by atoms with Gasteiger partial charge in [0.15, 0.2) is 5.44 Å². The molecule has 0 unspecified atom stereocenters. The maximum absolute atomic E-state index is 12.8. The molecule has 4 nitrogen and oxygen atoms in total. The minimum absolute atomic E-state index is 0.477. The Labute approximate surface area is 66.7 Å². The third kappa shape index (κ3) is 1.36. The van der Waals surface area contributed by atoms with E-state index in [2.05, 4.69) is 0 Å². The van der Waals surface area contributed by atoms with Crippen LogP contribution in [0.2, 0.25) is 0 Å². The normalized spacial score (nSPS) is 51.5. The van der Waals surface area contributed by atoms with Crippen molar-refractivity contribution in [3.63, 3.8) is 0 Å². The van der Waals surface area contributed by atoms with Crippen molar-refractivity contribution in [1.29, 1.82) is 0 Å². The van der Waals surface area contributed by atoms with Crippen LogP contribution >= 0.6 is 11.8 Å². The van der Waals surface area contributed by atoms with E-state index < -0.39 is 29.3 Å². The van der Waals surface area contributed by atoms with Crippen LogP contribution in [-0.4, -0.2) is 49.7 Å². The maximum atomic E-state index is 12.8. The molecule has 6 heteroatoms. The first-order valence-electron chi connectivity index (χ1n) is 3.04. The first-order chi connectivity index (χ1) is 5.00. The average molecular weight is 184 g/mol. The Balaban J connectivity index is 2.71. The highest BCUT2D eigenvalue weighted by atomic mass is 32.2. The largest absolute Gasteiger partial charge is 0.395 e. The van der Waals surface area contributed by atoms with E-state index in [4.69, 9.17) is 20.4 Å².